The topological polar surface area (TPSA) is 26.0 Å². The van der Waals surface area contributed by atoms with Crippen LogP contribution in [0.25, 0.3) is 0 Å². The zero-order chi connectivity index (χ0) is 16.6. The first-order valence-electron chi connectivity index (χ1n) is 10.4. The monoisotopic (exact) mass is 327 g/mol. The minimum Gasteiger partial charge on any atom is -0.330 e. The third-order valence-corrected chi connectivity index (χ3v) is 5.46. The van der Waals surface area contributed by atoms with E-state index in [4.69, 9.17) is 5.73 Å². The standard InChI is InChI=1S/C12H25N.C7H14.C2H6.CH4/c1-11(7-5-6-10-13)12-8-3-2-4-9-12;1-7-5-3-2-4-6-7;1-2;/h11-12H,2-10,13H2,1H3;7H,2-6H2,1H3;1-2H3;1H4. The largest absolute Gasteiger partial charge is 0.330 e. The Morgan fingerprint density at radius 3 is 1.70 bits per heavy atom. The highest BCUT2D eigenvalue weighted by molar-refractivity contribution is 4.71. The molecule has 1 nitrogen and oxygen atoms in total. The molecule has 0 radical (unpaired) electrons. The molecule has 0 saturated heterocycles. The minimum absolute atomic E-state index is 0. The van der Waals surface area contributed by atoms with Crippen LogP contribution in [0.3, 0.4) is 0 Å². The molecule has 2 saturated carbocycles. The summed E-state index contributed by atoms with van der Waals surface area (Å²) in [6.45, 7) is 9.67. The van der Waals surface area contributed by atoms with E-state index < -0.39 is 0 Å². The molecule has 1 heteroatoms. The van der Waals surface area contributed by atoms with Gasteiger partial charge in [-0.1, -0.05) is 112 Å². The van der Waals surface area contributed by atoms with Crippen molar-refractivity contribution in [2.75, 3.05) is 6.54 Å². The predicted molar refractivity (Wildman–Crippen MR) is 109 cm³/mol. The van der Waals surface area contributed by atoms with Crippen LogP contribution in [0.5, 0.6) is 0 Å². The Bertz CT molecular complexity index is 202. The maximum absolute atomic E-state index is 5.49. The van der Waals surface area contributed by atoms with Gasteiger partial charge in [0, 0.05) is 0 Å². The summed E-state index contributed by atoms with van der Waals surface area (Å²) in [6.07, 6.45) is 18.8. The molecule has 1 unspecified atom stereocenters. The molecule has 2 rings (SSSR count). The molecule has 2 N–H and O–H groups in total. The van der Waals surface area contributed by atoms with Gasteiger partial charge < -0.3 is 5.73 Å². The van der Waals surface area contributed by atoms with Gasteiger partial charge in [-0.2, -0.15) is 0 Å². The van der Waals surface area contributed by atoms with E-state index >= 15 is 0 Å². The Balaban J connectivity index is 0. The second-order valence-electron chi connectivity index (χ2n) is 7.40. The zero-order valence-electron chi connectivity index (χ0n) is 16.2. The first kappa shape index (κ1) is 25.2. The van der Waals surface area contributed by atoms with Gasteiger partial charge in [-0.25, -0.2) is 0 Å². The van der Waals surface area contributed by atoms with Gasteiger partial charge in [0.15, 0.2) is 0 Å². The van der Waals surface area contributed by atoms with Crippen molar-refractivity contribution >= 4 is 0 Å². The molecule has 1 atom stereocenters. The number of rotatable bonds is 5. The molecule has 2 fully saturated rings. The first-order chi connectivity index (χ1) is 10.7. The van der Waals surface area contributed by atoms with Crippen LogP contribution in [0, 0.1) is 17.8 Å². The highest BCUT2D eigenvalue weighted by Crippen LogP contribution is 2.32. The average Bonchev–Trinajstić information content (AvgIpc) is 2.59. The van der Waals surface area contributed by atoms with Crippen molar-refractivity contribution in [2.24, 2.45) is 23.5 Å². The van der Waals surface area contributed by atoms with Crippen molar-refractivity contribution in [2.45, 2.75) is 119 Å². The van der Waals surface area contributed by atoms with E-state index in [0.29, 0.717) is 0 Å². The van der Waals surface area contributed by atoms with Crippen molar-refractivity contribution in [3.05, 3.63) is 0 Å². The van der Waals surface area contributed by atoms with Gasteiger partial charge in [0.25, 0.3) is 0 Å². The van der Waals surface area contributed by atoms with E-state index in [2.05, 4.69) is 13.8 Å². The maximum atomic E-state index is 5.49. The van der Waals surface area contributed by atoms with Crippen molar-refractivity contribution < 1.29 is 0 Å². The molecule has 0 bridgehead atoms. The smallest absolute Gasteiger partial charge is 0.00773 e. The Morgan fingerprint density at radius 1 is 0.826 bits per heavy atom. The molecule has 0 aromatic rings. The fourth-order valence-corrected chi connectivity index (χ4v) is 3.86. The second kappa shape index (κ2) is 18.3. The number of nitrogens with two attached hydrogens (primary N) is 1. The summed E-state index contributed by atoms with van der Waals surface area (Å²) in [5.41, 5.74) is 5.49. The molecular weight excluding hydrogens is 278 g/mol. The molecule has 0 heterocycles. The van der Waals surface area contributed by atoms with Crippen LogP contribution in [0.1, 0.15) is 119 Å². The van der Waals surface area contributed by atoms with Crippen LogP contribution in [0.15, 0.2) is 0 Å². The molecule has 142 valence electrons. The summed E-state index contributed by atoms with van der Waals surface area (Å²) in [5.74, 6) is 3.02. The first-order valence-corrected chi connectivity index (χ1v) is 10.4. The SMILES string of the molecule is C.CC.CC(CCCCN)C1CCCCC1.CC1CCCCC1. The van der Waals surface area contributed by atoms with Crippen LogP contribution in [0.2, 0.25) is 0 Å². The fraction of sp³-hybridized carbons (Fsp3) is 1.00. The van der Waals surface area contributed by atoms with E-state index in [9.17, 15) is 0 Å². The summed E-state index contributed by atoms with van der Waals surface area (Å²) in [6, 6.07) is 0. The quantitative estimate of drug-likeness (QED) is 0.517. The van der Waals surface area contributed by atoms with Crippen LogP contribution in [-0.4, -0.2) is 6.54 Å². The van der Waals surface area contributed by atoms with Gasteiger partial charge in [0.2, 0.25) is 0 Å². The lowest BCUT2D eigenvalue weighted by atomic mass is 9.79. The van der Waals surface area contributed by atoms with Crippen molar-refractivity contribution in [3.63, 3.8) is 0 Å². The van der Waals surface area contributed by atoms with E-state index in [0.717, 1.165) is 24.3 Å². The number of hydrogen-bond acceptors (Lipinski definition) is 1. The van der Waals surface area contributed by atoms with Gasteiger partial charge >= 0.3 is 0 Å². The van der Waals surface area contributed by atoms with Crippen molar-refractivity contribution in [1.82, 2.24) is 0 Å². The molecule has 0 amide bonds. The maximum Gasteiger partial charge on any atom is -0.00773 e. The van der Waals surface area contributed by atoms with E-state index in [1.165, 1.54) is 83.5 Å². The predicted octanol–water partition coefficient (Wildman–Crippen LogP) is 7.58. The van der Waals surface area contributed by atoms with Gasteiger partial charge in [-0.3, -0.25) is 0 Å². The van der Waals surface area contributed by atoms with Gasteiger partial charge in [-0.15, -0.1) is 0 Å². The Hall–Kier alpha value is -0.0400. The van der Waals surface area contributed by atoms with Crippen molar-refractivity contribution in [1.29, 1.82) is 0 Å². The Labute approximate surface area is 149 Å². The van der Waals surface area contributed by atoms with E-state index in [1.807, 2.05) is 13.8 Å². The summed E-state index contributed by atoms with van der Waals surface area (Å²) in [5, 5.41) is 0. The molecule has 0 spiro atoms. The highest BCUT2D eigenvalue weighted by atomic mass is 14.5. The molecule has 0 aliphatic heterocycles. The Morgan fingerprint density at radius 2 is 1.30 bits per heavy atom. The van der Waals surface area contributed by atoms with Crippen LogP contribution < -0.4 is 5.73 Å². The third kappa shape index (κ3) is 14.0. The molecular formula is C22H49N. The summed E-state index contributed by atoms with van der Waals surface area (Å²) in [4.78, 5) is 0. The Kier molecular flexibility index (Phi) is 20.1. The normalized spacial score (nSPS) is 20.2. The van der Waals surface area contributed by atoms with Gasteiger partial charge in [0.05, 0.1) is 0 Å². The van der Waals surface area contributed by atoms with Gasteiger partial charge in [-0.05, 0) is 30.7 Å². The molecule has 0 aromatic carbocycles. The molecule has 23 heavy (non-hydrogen) atoms. The molecule has 2 aliphatic rings. The zero-order valence-corrected chi connectivity index (χ0v) is 16.2. The molecule has 0 aromatic heterocycles. The summed E-state index contributed by atoms with van der Waals surface area (Å²) >= 11 is 0. The molecule has 2 aliphatic carbocycles. The second-order valence-corrected chi connectivity index (χ2v) is 7.40. The lowest BCUT2D eigenvalue weighted by Crippen LogP contribution is -2.15. The lowest BCUT2D eigenvalue weighted by Gasteiger charge is -2.27. The van der Waals surface area contributed by atoms with E-state index in [-0.39, 0.29) is 7.43 Å². The number of hydrogen-bond donors (Lipinski definition) is 1. The van der Waals surface area contributed by atoms with Crippen molar-refractivity contribution in [3.8, 4) is 0 Å². The summed E-state index contributed by atoms with van der Waals surface area (Å²) in [7, 11) is 0. The minimum atomic E-state index is 0. The van der Waals surface area contributed by atoms with Crippen LogP contribution in [0.4, 0.5) is 0 Å². The third-order valence-electron chi connectivity index (χ3n) is 5.46. The summed E-state index contributed by atoms with van der Waals surface area (Å²) < 4.78 is 0. The van der Waals surface area contributed by atoms with Crippen LogP contribution in [-0.2, 0) is 0 Å². The van der Waals surface area contributed by atoms with Crippen LogP contribution >= 0.6 is 0 Å². The van der Waals surface area contributed by atoms with E-state index in [1.54, 1.807) is 0 Å². The number of unbranched alkanes of at least 4 members (excludes halogenated alkanes) is 1. The van der Waals surface area contributed by atoms with Gasteiger partial charge in [0.1, 0.15) is 0 Å². The average molecular weight is 328 g/mol. The fourth-order valence-electron chi connectivity index (χ4n) is 3.86. The lowest BCUT2D eigenvalue weighted by molar-refractivity contribution is 0.248. The highest BCUT2D eigenvalue weighted by Gasteiger charge is 2.19.